The van der Waals surface area contributed by atoms with Gasteiger partial charge in [0.25, 0.3) is 0 Å². The van der Waals surface area contributed by atoms with E-state index in [-0.39, 0.29) is 11.4 Å². The summed E-state index contributed by atoms with van der Waals surface area (Å²) in [6, 6.07) is 0. The van der Waals surface area contributed by atoms with Gasteiger partial charge in [-0.15, -0.1) is 0 Å². The second-order valence-corrected chi connectivity index (χ2v) is 4.85. The first kappa shape index (κ1) is 15.4. The van der Waals surface area contributed by atoms with E-state index in [2.05, 4.69) is 25.7 Å². The normalized spacial score (nSPS) is 11.9. The van der Waals surface area contributed by atoms with E-state index in [9.17, 15) is 4.79 Å². The van der Waals surface area contributed by atoms with Crippen molar-refractivity contribution in [1.82, 2.24) is 9.80 Å². The van der Waals surface area contributed by atoms with Gasteiger partial charge in [-0.3, -0.25) is 9.69 Å². The van der Waals surface area contributed by atoms with E-state index in [4.69, 9.17) is 5.73 Å². The van der Waals surface area contributed by atoms with Gasteiger partial charge >= 0.3 is 0 Å². The summed E-state index contributed by atoms with van der Waals surface area (Å²) in [5, 5.41) is 0. The van der Waals surface area contributed by atoms with E-state index in [0.29, 0.717) is 13.1 Å². The van der Waals surface area contributed by atoms with Crippen LogP contribution in [0.25, 0.3) is 0 Å². The highest BCUT2D eigenvalue weighted by Gasteiger charge is 2.26. The molecule has 0 aliphatic heterocycles. The molecule has 0 saturated heterocycles. The summed E-state index contributed by atoms with van der Waals surface area (Å²) in [5.41, 5.74) is 5.64. The maximum absolute atomic E-state index is 11.9. The standard InChI is InChI=1S/C12H27N3O/c1-6-8-15(12(3,4)10-13)9-11(16)14(5)7-2/h6-10,13H2,1-5H3. The number of likely N-dealkylation sites (N-methyl/N-ethyl adjacent to an activating group) is 1. The second kappa shape index (κ2) is 6.86. The lowest BCUT2D eigenvalue weighted by Crippen LogP contribution is -2.53. The highest BCUT2D eigenvalue weighted by Crippen LogP contribution is 2.13. The summed E-state index contributed by atoms with van der Waals surface area (Å²) in [7, 11) is 1.84. The van der Waals surface area contributed by atoms with Gasteiger partial charge in [-0.25, -0.2) is 0 Å². The Morgan fingerprint density at radius 2 is 1.88 bits per heavy atom. The van der Waals surface area contributed by atoms with Gasteiger partial charge in [0.05, 0.1) is 6.54 Å². The third kappa shape index (κ3) is 4.49. The monoisotopic (exact) mass is 229 g/mol. The first-order valence-corrected chi connectivity index (χ1v) is 6.08. The molecule has 2 N–H and O–H groups in total. The lowest BCUT2D eigenvalue weighted by molar-refractivity contribution is -0.132. The zero-order chi connectivity index (χ0) is 12.8. The lowest BCUT2D eigenvalue weighted by atomic mass is 10.0. The summed E-state index contributed by atoms with van der Waals surface area (Å²) in [5.74, 6) is 0.164. The van der Waals surface area contributed by atoms with Gasteiger partial charge in [0.2, 0.25) is 5.91 Å². The fourth-order valence-electron chi connectivity index (χ4n) is 1.46. The molecule has 0 aliphatic carbocycles. The number of nitrogens with zero attached hydrogens (tertiary/aromatic N) is 2. The summed E-state index contributed by atoms with van der Waals surface area (Å²) < 4.78 is 0. The largest absolute Gasteiger partial charge is 0.345 e. The van der Waals surface area contributed by atoms with Crippen LogP contribution in [0.2, 0.25) is 0 Å². The van der Waals surface area contributed by atoms with E-state index >= 15 is 0 Å². The molecule has 96 valence electrons. The zero-order valence-corrected chi connectivity index (χ0v) is 11.4. The lowest BCUT2D eigenvalue weighted by Gasteiger charge is -2.37. The van der Waals surface area contributed by atoms with Gasteiger partial charge in [0.15, 0.2) is 0 Å². The van der Waals surface area contributed by atoms with Crippen LogP contribution in [0.3, 0.4) is 0 Å². The maximum atomic E-state index is 11.9. The van der Waals surface area contributed by atoms with Crippen molar-refractivity contribution in [3.8, 4) is 0 Å². The Hall–Kier alpha value is -0.610. The molecule has 0 spiro atoms. The van der Waals surface area contributed by atoms with Crippen molar-refractivity contribution < 1.29 is 4.79 Å². The molecule has 0 saturated carbocycles. The van der Waals surface area contributed by atoms with Crippen molar-refractivity contribution >= 4 is 5.91 Å². The molecular formula is C12H27N3O. The number of carbonyl (C=O) groups excluding carboxylic acids is 1. The first-order valence-electron chi connectivity index (χ1n) is 6.08. The van der Waals surface area contributed by atoms with E-state index in [1.165, 1.54) is 0 Å². The molecule has 0 aromatic heterocycles. The third-order valence-corrected chi connectivity index (χ3v) is 3.08. The van der Waals surface area contributed by atoms with Crippen molar-refractivity contribution in [1.29, 1.82) is 0 Å². The molecule has 0 bridgehead atoms. The smallest absolute Gasteiger partial charge is 0.236 e. The zero-order valence-electron chi connectivity index (χ0n) is 11.4. The van der Waals surface area contributed by atoms with Crippen LogP contribution in [-0.4, -0.2) is 54.5 Å². The van der Waals surface area contributed by atoms with Crippen LogP contribution in [0, 0.1) is 0 Å². The molecule has 0 unspecified atom stereocenters. The molecule has 16 heavy (non-hydrogen) atoms. The van der Waals surface area contributed by atoms with E-state index in [1.807, 2.05) is 14.0 Å². The van der Waals surface area contributed by atoms with E-state index in [1.54, 1.807) is 4.90 Å². The molecule has 1 amide bonds. The molecule has 0 aromatic carbocycles. The summed E-state index contributed by atoms with van der Waals surface area (Å²) >= 11 is 0. The molecule has 4 nitrogen and oxygen atoms in total. The fourth-order valence-corrected chi connectivity index (χ4v) is 1.46. The maximum Gasteiger partial charge on any atom is 0.236 e. The molecule has 0 radical (unpaired) electrons. The van der Waals surface area contributed by atoms with Crippen LogP contribution in [0.4, 0.5) is 0 Å². The number of carbonyl (C=O) groups is 1. The predicted molar refractivity (Wildman–Crippen MR) is 68.3 cm³/mol. The quantitative estimate of drug-likeness (QED) is 0.706. The van der Waals surface area contributed by atoms with E-state index < -0.39 is 0 Å². The van der Waals surface area contributed by atoms with Crippen molar-refractivity contribution in [2.45, 2.75) is 39.7 Å². The van der Waals surface area contributed by atoms with Crippen LogP contribution < -0.4 is 5.73 Å². The summed E-state index contributed by atoms with van der Waals surface area (Å²) in [6.07, 6.45) is 1.03. The Kier molecular flexibility index (Phi) is 6.60. The Morgan fingerprint density at radius 3 is 2.25 bits per heavy atom. The van der Waals surface area contributed by atoms with Gasteiger partial charge in [0.1, 0.15) is 0 Å². The molecule has 0 aromatic rings. The Balaban J connectivity index is 4.51. The SMILES string of the molecule is CCCN(CC(=O)N(C)CC)C(C)(C)CN. The van der Waals surface area contributed by atoms with E-state index in [0.717, 1.165) is 19.5 Å². The van der Waals surface area contributed by atoms with Crippen LogP contribution in [0.15, 0.2) is 0 Å². The van der Waals surface area contributed by atoms with Gasteiger partial charge in [0, 0.05) is 25.7 Å². The molecule has 0 aliphatic rings. The van der Waals surface area contributed by atoms with Crippen LogP contribution in [0.5, 0.6) is 0 Å². The predicted octanol–water partition coefficient (Wildman–Crippen LogP) is 0.914. The van der Waals surface area contributed by atoms with Crippen LogP contribution >= 0.6 is 0 Å². The first-order chi connectivity index (χ1) is 7.38. The number of nitrogens with two attached hydrogens (primary N) is 1. The molecule has 0 rings (SSSR count). The second-order valence-electron chi connectivity index (χ2n) is 4.85. The minimum atomic E-state index is -0.111. The van der Waals surface area contributed by atoms with Crippen LogP contribution in [0.1, 0.15) is 34.1 Å². The average Bonchev–Trinajstić information content (AvgIpc) is 2.27. The topological polar surface area (TPSA) is 49.6 Å². The highest BCUT2D eigenvalue weighted by molar-refractivity contribution is 5.78. The fraction of sp³-hybridized carbons (Fsp3) is 0.917. The van der Waals surface area contributed by atoms with Gasteiger partial charge in [-0.05, 0) is 33.7 Å². The highest BCUT2D eigenvalue weighted by atomic mass is 16.2. The van der Waals surface area contributed by atoms with Crippen molar-refractivity contribution in [2.24, 2.45) is 5.73 Å². The van der Waals surface area contributed by atoms with Crippen molar-refractivity contribution in [2.75, 3.05) is 33.2 Å². The summed E-state index contributed by atoms with van der Waals surface area (Å²) in [4.78, 5) is 15.8. The van der Waals surface area contributed by atoms with Crippen LogP contribution in [-0.2, 0) is 4.79 Å². The van der Waals surface area contributed by atoms with Gasteiger partial charge in [-0.1, -0.05) is 6.92 Å². The minimum Gasteiger partial charge on any atom is -0.345 e. The van der Waals surface area contributed by atoms with Crippen molar-refractivity contribution in [3.63, 3.8) is 0 Å². The third-order valence-electron chi connectivity index (χ3n) is 3.08. The Morgan fingerprint density at radius 1 is 1.31 bits per heavy atom. The Bertz CT molecular complexity index is 216. The number of hydrogen-bond donors (Lipinski definition) is 1. The molecule has 4 heteroatoms. The summed E-state index contributed by atoms with van der Waals surface area (Å²) in [6.45, 7) is 11.0. The molecule has 0 heterocycles. The molecule has 0 atom stereocenters. The Labute approximate surface area is 99.8 Å². The number of rotatable bonds is 7. The molecular weight excluding hydrogens is 202 g/mol. The molecule has 0 fully saturated rings. The van der Waals surface area contributed by atoms with Gasteiger partial charge in [-0.2, -0.15) is 0 Å². The minimum absolute atomic E-state index is 0.111. The number of hydrogen-bond acceptors (Lipinski definition) is 3. The van der Waals surface area contributed by atoms with Gasteiger partial charge < -0.3 is 10.6 Å². The number of amides is 1. The van der Waals surface area contributed by atoms with Crippen molar-refractivity contribution in [3.05, 3.63) is 0 Å². The average molecular weight is 229 g/mol.